The van der Waals surface area contributed by atoms with E-state index in [0.717, 1.165) is 0 Å². The second-order valence-corrected chi connectivity index (χ2v) is 7.21. The second-order valence-electron chi connectivity index (χ2n) is 7.21. The number of alkyl carbamates (subject to hydrolysis) is 1. The van der Waals surface area contributed by atoms with Crippen molar-refractivity contribution in [2.24, 2.45) is 11.8 Å². The van der Waals surface area contributed by atoms with Gasteiger partial charge in [-0.1, -0.05) is 27.7 Å². The maximum atomic E-state index is 11.9. The molecular formula is C15H29NO4. The maximum absolute atomic E-state index is 11.9. The zero-order valence-electron chi connectivity index (χ0n) is 13.7. The SMILES string of the molecule is CC(C)CC(CC(C)C)(NC(=O)OC(C)(C)C)C(=O)O. The lowest BCUT2D eigenvalue weighted by Crippen LogP contribution is -2.57. The molecule has 0 aromatic carbocycles. The minimum atomic E-state index is -1.27. The van der Waals surface area contributed by atoms with E-state index in [2.05, 4.69) is 5.32 Å². The van der Waals surface area contributed by atoms with Crippen LogP contribution in [0.2, 0.25) is 0 Å². The molecule has 0 aliphatic heterocycles. The summed E-state index contributed by atoms with van der Waals surface area (Å²) in [6.07, 6.45) is 0.0701. The van der Waals surface area contributed by atoms with Crippen LogP contribution in [-0.4, -0.2) is 28.3 Å². The van der Waals surface area contributed by atoms with Crippen molar-refractivity contribution in [2.45, 2.75) is 72.4 Å². The molecule has 0 saturated heterocycles. The molecular weight excluding hydrogens is 258 g/mol. The Labute approximate surface area is 122 Å². The Balaban J connectivity index is 5.18. The van der Waals surface area contributed by atoms with Gasteiger partial charge in [0.25, 0.3) is 0 Å². The molecule has 0 bridgehead atoms. The topological polar surface area (TPSA) is 75.6 Å². The van der Waals surface area contributed by atoms with E-state index < -0.39 is 23.2 Å². The monoisotopic (exact) mass is 287 g/mol. The van der Waals surface area contributed by atoms with Crippen LogP contribution in [0.4, 0.5) is 4.79 Å². The molecule has 0 aromatic rings. The Morgan fingerprint density at radius 1 is 1.05 bits per heavy atom. The highest BCUT2D eigenvalue weighted by atomic mass is 16.6. The van der Waals surface area contributed by atoms with Crippen LogP contribution < -0.4 is 5.32 Å². The number of carboxylic acids is 1. The molecule has 2 N–H and O–H groups in total. The van der Waals surface area contributed by atoms with E-state index in [0.29, 0.717) is 12.8 Å². The molecule has 0 aliphatic rings. The molecule has 0 atom stereocenters. The lowest BCUT2D eigenvalue weighted by Gasteiger charge is -2.34. The van der Waals surface area contributed by atoms with Gasteiger partial charge in [0.15, 0.2) is 0 Å². The highest BCUT2D eigenvalue weighted by Crippen LogP contribution is 2.26. The smallest absolute Gasteiger partial charge is 0.408 e. The molecule has 0 heterocycles. The molecule has 0 unspecified atom stereocenters. The summed E-state index contributed by atoms with van der Waals surface area (Å²) in [5.74, 6) is -0.703. The number of carbonyl (C=O) groups excluding carboxylic acids is 1. The van der Waals surface area contributed by atoms with Gasteiger partial charge >= 0.3 is 12.1 Å². The van der Waals surface area contributed by atoms with Gasteiger partial charge in [-0.2, -0.15) is 0 Å². The van der Waals surface area contributed by atoms with Gasteiger partial charge in [-0.25, -0.2) is 9.59 Å². The van der Waals surface area contributed by atoms with Gasteiger partial charge in [0, 0.05) is 0 Å². The van der Waals surface area contributed by atoms with Crippen LogP contribution in [0.1, 0.15) is 61.3 Å². The summed E-state index contributed by atoms with van der Waals surface area (Å²) in [6, 6.07) is 0. The Morgan fingerprint density at radius 2 is 1.45 bits per heavy atom. The molecule has 1 amide bonds. The van der Waals surface area contributed by atoms with Crippen molar-refractivity contribution in [3.8, 4) is 0 Å². The zero-order chi connectivity index (χ0) is 16.1. The number of nitrogens with one attached hydrogen (secondary N) is 1. The van der Waals surface area contributed by atoms with Crippen molar-refractivity contribution < 1.29 is 19.4 Å². The third kappa shape index (κ3) is 6.78. The van der Waals surface area contributed by atoms with Gasteiger partial charge in [0.05, 0.1) is 0 Å². The molecule has 118 valence electrons. The first-order chi connectivity index (χ1) is 8.88. The average Bonchev–Trinajstić information content (AvgIpc) is 2.10. The van der Waals surface area contributed by atoms with Crippen LogP contribution in [-0.2, 0) is 9.53 Å². The van der Waals surface area contributed by atoms with E-state index in [9.17, 15) is 14.7 Å². The maximum Gasteiger partial charge on any atom is 0.408 e. The van der Waals surface area contributed by atoms with Crippen LogP contribution in [0, 0.1) is 11.8 Å². The summed E-state index contributed by atoms with van der Waals surface area (Å²) < 4.78 is 5.19. The van der Waals surface area contributed by atoms with Gasteiger partial charge in [-0.15, -0.1) is 0 Å². The van der Waals surface area contributed by atoms with Gasteiger partial charge < -0.3 is 15.2 Å². The molecule has 0 radical (unpaired) electrons. The van der Waals surface area contributed by atoms with Crippen LogP contribution in [0.5, 0.6) is 0 Å². The number of hydrogen-bond acceptors (Lipinski definition) is 3. The van der Waals surface area contributed by atoms with Crippen molar-refractivity contribution >= 4 is 12.1 Å². The highest BCUT2D eigenvalue weighted by molar-refractivity contribution is 5.84. The van der Waals surface area contributed by atoms with Crippen LogP contribution in [0.15, 0.2) is 0 Å². The first-order valence-corrected chi connectivity index (χ1v) is 7.12. The van der Waals surface area contributed by atoms with E-state index in [1.165, 1.54) is 0 Å². The molecule has 20 heavy (non-hydrogen) atoms. The zero-order valence-corrected chi connectivity index (χ0v) is 13.7. The molecule has 0 rings (SSSR count). The Hall–Kier alpha value is -1.26. The van der Waals surface area contributed by atoms with E-state index in [1.54, 1.807) is 20.8 Å². The lowest BCUT2D eigenvalue weighted by atomic mass is 9.82. The molecule has 0 fully saturated rings. The number of carbonyl (C=O) groups is 2. The fourth-order valence-corrected chi connectivity index (χ4v) is 2.31. The van der Waals surface area contributed by atoms with Crippen molar-refractivity contribution in [3.63, 3.8) is 0 Å². The predicted octanol–water partition coefficient (Wildman–Crippen LogP) is 3.43. The Kier molecular flexibility index (Phi) is 6.51. The standard InChI is InChI=1S/C15H29NO4/c1-10(2)8-15(12(17)18,9-11(3)4)16-13(19)20-14(5,6)7/h10-11H,8-9H2,1-7H3,(H,16,19)(H,17,18). The molecule has 5 nitrogen and oxygen atoms in total. The highest BCUT2D eigenvalue weighted by Gasteiger charge is 2.42. The fourth-order valence-electron chi connectivity index (χ4n) is 2.31. The van der Waals surface area contributed by atoms with Crippen molar-refractivity contribution in [1.29, 1.82) is 0 Å². The van der Waals surface area contributed by atoms with E-state index >= 15 is 0 Å². The van der Waals surface area contributed by atoms with Crippen LogP contribution in [0.3, 0.4) is 0 Å². The summed E-state index contributed by atoms with van der Waals surface area (Å²) in [6.45, 7) is 13.0. The van der Waals surface area contributed by atoms with Crippen molar-refractivity contribution in [2.75, 3.05) is 0 Å². The normalized spacial score (nSPS) is 12.7. The van der Waals surface area contributed by atoms with Gasteiger partial charge in [0.1, 0.15) is 11.1 Å². The summed E-state index contributed by atoms with van der Waals surface area (Å²) in [4.78, 5) is 23.7. The number of carboxylic acid groups (broad SMARTS) is 1. The van der Waals surface area contributed by atoms with Crippen molar-refractivity contribution in [3.05, 3.63) is 0 Å². The van der Waals surface area contributed by atoms with E-state index in [1.807, 2.05) is 27.7 Å². The number of amides is 1. The summed E-state index contributed by atoms with van der Waals surface area (Å²) in [5.41, 5.74) is -1.92. The number of aliphatic carboxylic acids is 1. The lowest BCUT2D eigenvalue weighted by molar-refractivity contribution is -0.146. The minimum Gasteiger partial charge on any atom is -0.480 e. The summed E-state index contributed by atoms with van der Waals surface area (Å²) in [7, 11) is 0. The molecule has 0 saturated carbocycles. The molecule has 0 aromatic heterocycles. The number of hydrogen-bond donors (Lipinski definition) is 2. The van der Waals surface area contributed by atoms with E-state index in [-0.39, 0.29) is 11.8 Å². The molecule has 0 aliphatic carbocycles. The van der Waals surface area contributed by atoms with Gasteiger partial charge in [0.2, 0.25) is 0 Å². The average molecular weight is 287 g/mol. The van der Waals surface area contributed by atoms with Gasteiger partial charge in [-0.3, -0.25) is 0 Å². The quantitative estimate of drug-likeness (QED) is 0.784. The summed E-state index contributed by atoms with van der Waals surface area (Å²) in [5, 5.41) is 12.2. The summed E-state index contributed by atoms with van der Waals surface area (Å²) >= 11 is 0. The third-order valence-electron chi connectivity index (χ3n) is 2.66. The van der Waals surface area contributed by atoms with Gasteiger partial charge in [-0.05, 0) is 45.4 Å². The Morgan fingerprint density at radius 3 is 1.70 bits per heavy atom. The number of rotatable bonds is 6. The second kappa shape index (κ2) is 6.95. The first-order valence-electron chi connectivity index (χ1n) is 7.12. The minimum absolute atomic E-state index is 0.153. The largest absolute Gasteiger partial charge is 0.480 e. The van der Waals surface area contributed by atoms with E-state index in [4.69, 9.17) is 4.74 Å². The van der Waals surface area contributed by atoms with Crippen LogP contribution in [0.25, 0.3) is 0 Å². The Bertz CT molecular complexity index is 332. The fraction of sp³-hybridized carbons (Fsp3) is 0.867. The third-order valence-corrected chi connectivity index (χ3v) is 2.66. The molecule has 5 heteroatoms. The van der Waals surface area contributed by atoms with Crippen LogP contribution >= 0.6 is 0 Å². The molecule has 0 spiro atoms. The first kappa shape index (κ1) is 18.7. The van der Waals surface area contributed by atoms with Crippen molar-refractivity contribution in [1.82, 2.24) is 5.32 Å². The number of ether oxygens (including phenoxy) is 1. The predicted molar refractivity (Wildman–Crippen MR) is 78.6 cm³/mol.